The summed E-state index contributed by atoms with van der Waals surface area (Å²) in [6.07, 6.45) is 5.95. The molecule has 12 nitrogen and oxygen atoms in total. The molecule has 1 aliphatic rings. The van der Waals surface area contributed by atoms with Crippen molar-refractivity contribution in [2.24, 2.45) is 5.11 Å². The highest BCUT2D eigenvalue weighted by Gasteiger charge is 2.25. The fourth-order valence-electron chi connectivity index (χ4n) is 7.09. The second kappa shape index (κ2) is 15.5. The molecule has 0 unspecified atom stereocenters. The lowest BCUT2D eigenvalue weighted by molar-refractivity contribution is -0.674. The molecule has 0 aliphatic carbocycles. The van der Waals surface area contributed by atoms with E-state index in [0.29, 0.717) is 27.1 Å². The Labute approximate surface area is 318 Å². The average molecular weight is 759 g/mol. The van der Waals surface area contributed by atoms with Gasteiger partial charge in [0.05, 0.1) is 5.69 Å². The Morgan fingerprint density at radius 2 is 1.60 bits per heavy atom. The highest BCUT2D eigenvalue weighted by molar-refractivity contribution is 7.86. The number of rotatable bonds is 7. The summed E-state index contributed by atoms with van der Waals surface area (Å²) in [5.74, 6) is 2.89. The number of para-hydroxylation sites is 4. The van der Waals surface area contributed by atoms with Crippen LogP contribution in [0, 0.1) is 13.8 Å². The van der Waals surface area contributed by atoms with Crippen LogP contribution in [0.25, 0.3) is 59.9 Å². The molecule has 1 aliphatic heterocycles. The van der Waals surface area contributed by atoms with Crippen molar-refractivity contribution in [3.63, 3.8) is 0 Å². The maximum Gasteiger partial charge on any atom is 0.402 e. The zero-order valence-electron chi connectivity index (χ0n) is 30.0. The summed E-state index contributed by atoms with van der Waals surface area (Å²) in [6, 6.07) is 26.3. The van der Waals surface area contributed by atoms with E-state index in [0.717, 1.165) is 70.2 Å². The van der Waals surface area contributed by atoms with Crippen molar-refractivity contribution in [1.82, 2.24) is 0 Å². The molecular weight excluding hydrogens is 719 g/mol. The van der Waals surface area contributed by atoms with Crippen LogP contribution in [0.15, 0.2) is 117 Å². The van der Waals surface area contributed by atoms with Crippen LogP contribution in [-0.4, -0.2) is 25.6 Å². The van der Waals surface area contributed by atoms with Gasteiger partial charge < -0.3 is 18.8 Å². The molecule has 6 aromatic carbocycles. The van der Waals surface area contributed by atoms with Gasteiger partial charge in [-0.2, -0.15) is 13.0 Å². The van der Waals surface area contributed by atoms with Gasteiger partial charge in [0.15, 0.2) is 11.6 Å². The first-order valence-electron chi connectivity index (χ1n) is 17.3. The van der Waals surface area contributed by atoms with Crippen LogP contribution >= 0.6 is 0 Å². The molecule has 0 saturated carbocycles. The van der Waals surface area contributed by atoms with E-state index in [9.17, 15) is 17.8 Å². The van der Waals surface area contributed by atoms with Crippen molar-refractivity contribution < 1.29 is 36.2 Å². The smallest absolute Gasteiger partial charge is 0.402 e. The molecule has 0 spiro atoms. The second-order valence-electron chi connectivity index (χ2n) is 12.6. The number of azide groups is 1. The number of anilines is 1. The molecule has 0 fully saturated rings. The predicted molar refractivity (Wildman–Crippen MR) is 215 cm³/mol. The highest BCUT2D eigenvalue weighted by Crippen LogP contribution is 2.43. The number of fused-ring (bicyclic) bond motifs is 2. The van der Waals surface area contributed by atoms with Gasteiger partial charge in [-0.25, -0.2) is 4.79 Å². The number of oxazole rings is 1. The summed E-state index contributed by atoms with van der Waals surface area (Å²) >= 11 is 0. The first-order chi connectivity index (χ1) is 26.0. The van der Waals surface area contributed by atoms with Gasteiger partial charge >= 0.3 is 12.0 Å². The summed E-state index contributed by atoms with van der Waals surface area (Å²) in [4.78, 5) is 16.1. The molecule has 0 atom stereocenters. The lowest BCUT2D eigenvalue weighted by Crippen LogP contribution is -2.33. The van der Waals surface area contributed by atoms with E-state index in [1.165, 1.54) is 6.07 Å². The van der Waals surface area contributed by atoms with Crippen molar-refractivity contribution in [1.29, 1.82) is 0 Å². The second-order valence-corrected chi connectivity index (χ2v) is 14.0. The van der Waals surface area contributed by atoms with Crippen LogP contribution in [0.2, 0.25) is 0 Å². The summed E-state index contributed by atoms with van der Waals surface area (Å²) in [5.41, 5.74) is 13.1. The molecule has 0 radical (unpaired) electrons. The van der Waals surface area contributed by atoms with E-state index in [4.69, 9.17) is 19.4 Å². The Balaban J connectivity index is 0.000000184. The SMILES string of the molecule is C.CCN1C(=CCC=Cc2oc3ccccc3[n+]2CC)Oc2ccccc21.Cc1cc(OC(=O)N=[N+]=[N-])c2ccc3c(S(=O)(=O)O)cc(C)c4ccc1c2c43. The summed E-state index contributed by atoms with van der Waals surface area (Å²) in [7, 11) is -4.44. The van der Waals surface area contributed by atoms with Gasteiger partial charge in [0, 0.05) is 44.9 Å². The van der Waals surface area contributed by atoms with Gasteiger partial charge in [0.25, 0.3) is 15.6 Å². The average Bonchev–Trinajstić information content (AvgIpc) is 3.70. The number of hydrogen-bond acceptors (Lipinski definition) is 7. The zero-order chi connectivity index (χ0) is 38.1. The number of carbonyl (C=O) groups is 1. The van der Waals surface area contributed by atoms with Gasteiger partial charge in [-0.05, 0) is 109 Å². The molecule has 1 N–H and O–H groups in total. The molecule has 7 aromatic rings. The summed E-state index contributed by atoms with van der Waals surface area (Å²) in [6.45, 7) is 9.60. The van der Waals surface area contributed by atoms with Gasteiger partial charge in [-0.3, -0.25) is 4.55 Å². The summed E-state index contributed by atoms with van der Waals surface area (Å²) in [5, 5.41) is 6.88. The van der Waals surface area contributed by atoms with Gasteiger partial charge in [0.1, 0.15) is 17.2 Å². The van der Waals surface area contributed by atoms with E-state index >= 15 is 0 Å². The number of nitrogens with zero attached hydrogens (tertiary/aromatic N) is 5. The number of amides is 1. The van der Waals surface area contributed by atoms with Crippen molar-refractivity contribution in [2.45, 2.75) is 53.0 Å². The largest absolute Gasteiger partial charge is 0.439 e. The van der Waals surface area contributed by atoms with E-state index < -0.39 is 16.2 Å². The normalized spacial score (nSPS) is 13.2. The lowest BCUT2D eigenvalue weighted by atomic mass is 9.90. The number of carbonyl (C=O) groups excluding carboxylic acids is 1. The van der Waals surface area contributed by atoms with Gasteiger partial charge in [0.2, 0.25) is 5.58 Å². The number of benzene rings is 6. The van der Waals surface area contributed by atoms with Crippen LogP contribution in [-0.2, 0) is 16.7 Å². The molecule has 280 valence electrons. The first kappa shape index (κ1) is 38.3. The third kappa shape index (κ3) is 7.16. The minimum Gasteiger partial charge on any atom is -0.439 e. The van der Waals surface area contributed by atoms with E-state index in [2.05, 4.69) is 57.6 Å². The monoisotopic (exact) mass is 758 g/mol. The third-order valence-corrected chi connectivity index (χ3v) is 10.3. The van der Waals surface area contributed by atoms with Crippen molar-refractivity contribution in [3.05, 3.63) is 130 Å². The lowest BCUT2D eigenvalue weighted by Gasteiger charge is -2.17. The van der Waals surface area contributed by atoms with Gasteiger partial charge in [-0.1, -0.05) is 56.0 Å². The minimum atomic E-state index is -4.44. The molecule has 1 amide bonds. The van der Waals surface area contributed by atoms with Crippen LogP contribution < -0.4 is 18.9 Å². The van der Waals surface area contributed by atoms with E-state index in [-0.39, 0.29) is 18.1 Å². The Morgan fingerprint density at radius 1 is 0.945 bits per heavy atom. The molecule has 2 heterocycles. The Morgan fingerprint density at radius 3 is 2.31 bits per heavy atom. The van der Waals surface area contributed by atoms with E-state index in [1.54, 1.807) is 25.1 Å². The number of allylic oxidation sites excluding steroid dienone is 2. The highest BCUT2D eigenvalue weighted by atomic mass is 32.2. The van der Waals surface area contributed by atoms with Gasteiger partial charge in [-0.15, -0.1) is 0 Å². The Kier molecular flexibility index (Phi) is 10.8. The topological polar surface area (TPSA) is 159 Å². The first-order valence-corrected chi connectivity index (χ1v) is 18.8. The molecule has 0 bridgehead atoms. The maximum atomic E-state index is 11.9. The molecule has 55 heavy (non-hydrogen) atoms. The molecular formula is C42H40N5O7S+. The summed E-state index contributed by atoms with van der Waals surface area (Å²) < 4.78 is 52.9. The Hall–Kier alpha value is -6.40. The van der Waals surface area contributed by atoms with Crippen molar-refractivity contribution in [3.8, 4) is 11.5 Å². The minimum absolute atomic E-state index is 0. The Bertz CT molecular complexity index is 2820. The fourth-order valence-corrected chi connectivity index (χ4v) is 7.86. The third-order valence-electron chi connectivity index (χ3n) is 9.43. The number of aryl methyl sites for hydroxylation is 3. The van der Waals surface area contributed by atoms with Crippen LogP contribution in [0.5, 0.6) is 11.5 Å². The maximum absolute atomic E-state index is 11.9. The standard InChI is InChI=1S/C22H23N2O2.C19H13N3O5S.CH4/c1-3-23-17-11-5-7-13-19(17)25-21(23)15-9-10-16-22-24(4-2)18-12-6-8-14-20(18)26-22;1-9-7-15(27-19(23)21-22-20)13-5-6-14-16(28(24,25)26)8-10(2)12-4-3-11(9)17(13)18(12)14;/h5-9,11-16H,3-4,10H2,1-2H3;3-8H,1-2H3,(H,24,25,26);1H4/q+1;;. The van der Waals surface area contributed by atoms with E-state index in [1.807, 2.05) is 61.5 Å². The van der Waals surface area contributed by atoms with Crippen molar-refractivity contribution >= 4 is 71.4 Å². The predicted octanol–water partition coefficient (Wildman–Crippen LogP) is 10.8. The number of aromatic nitrogens is 1. The molecule has 13 heteroatoms. The van der Waals surface area contributed by atoms with Crippen LogP contribution in [0.4, 0.5) is 10.5 Å². The number of ether oxygens (including phenoxy) is 2. The molecule has 0 saturated heterocycles. The van der Waals surface area contributed by atoms with Crippen LogP contribution in [0.1, 0.15) is 44.7 Å². The molecule has 8 rings (SSSR count). The number of hydrogen-bond donors (Lipinski definition) is 1. The quantitative estimate of drug-likeness (QED) is 0.0420. The van der Waals surface area contributed by atoms with Crippen molar-refractivity contribution in [2.75, 3.05) is 11.4 Å². The zero-order valence-corrected chi connectivity index (χ0v) is 30.8. The molecule has 1 aromatic heterocycles. The fraction of sp³-hybridized carbons (Fsp3) is 0.190. The van der Waals surface area contributed by atoms with Crippen LogP contribution in [0.3, 0.4) is 0 Å².